The maximum Gasteiger partial charge on any atom is 0.250 e. The van der Waals surface area contributed by atoms with E-state index in [0.717, 1.165) is 12.2 Å². The third-order valence-corrected chi connectivity index (χ3v) is 4.13. The molecule has 2 N–H and O–H groups in total. The largest absolute Gasteiger partial charge is 0.366 e. The molecular weight excluding hydrogens is 310 g/mol. The van der Waals surface area contributed by atoms with E-state index in [1.165, 1.54) is 5.56 Å². The summed E-state index contributed by atoms with van der Waals surface area (Å²) in [5.41, 5.74) is 7.82. The second-order valence-electron chi connectivity index (χ2n) is 5.83. The number of amides is 1. The number of nitrogens with zero attached hydrogens (tertiary/aromatic N) is 2. The minimum Gasteiger partial charge on any atom is -0.366 e. The van der Waals surface area contributed by atoms with Gasteiger partial charge in [-0.05, 0) is 37.9 Å². The maximum absolute atomic E-state index is 11.3. The number of likely N-dealkylation sites (N-methyl/N-ethyl adjacent to an activating group) is 2. The molecule has 0 fully saturated rings. The van der Waals surface area contributed by atoms with E-state index >= 15 is 0 Å². The van der Waals surface area contributed by atoms with Crippen LogP contribution >= 0.6 is 11.6 Å². The van der Waals surface area contributed by atoms with E-state index in [2.05, 4.69) is 21.9 Å². The molecule has 2 aromatic carbocycles. The van der Waals surface area contributed by atoms with Gasteiger partial charge in [0.2, 0.25) is 5.91 Å². The first-order valence-electron chi connectivity index (χ1n) is 7.42. The molecule has 0 unspecified atom stereocenters. The molecule has 0 aliphatic carbocycles. The van der Waals surface area contributed by atoms with Gasteiger partial charge >= 0.3 is 0 Å². The fraction of sp³-hybridized carbons (Fsp3) is 0.278. The molecular formula is C18H22ClN3O. The van der Waals surface area contributed by atoms with E-state index in [1.54, 1.807) is 12.1 Å². The molecule has 0 saturated heterocycles. The van der Waals surface area contributed by atoms with E-state index in [-0.39, 0.29) is 6.04 Å². The van der Waals surface area contributed by atoms with Crippen molar-refractivity contribution in [2.45, 2.75) is 6.04 Å². The Morgan fingerprint density at radius 1 is 1.13 bits per heavy atom. The van der Waals surface area contributed by atoms with Crippen molar-refractivity contribution in [2.24, 2.45) is 5.73 Å². The van der Waals surface area contributed by atoms with E-state index in [4.69, 9.17) is 17.3 Å². The Kier molecular flexibility index (Phi) is 5.64. The Labute approximate surface area is 142 Å². The van der Waals surface area contributed by atoms with E-state index in [9.17, 15) is 4.79 Å². The lowest BCUT2D eigenvalue weighted by molar-refractivity contribution is 0.100. The summed E-state index contributed by atoms with van der Waals surface area (Å²) >= 11 is 6.19. The van der Waals surface area contributed by atoms with Crippen LogP contribution in [0.25, 0.3) is 0 Å². The highest BCUT2D eigenvalue weighted by atomic mass is 35.5. The zero-order valence-corrected chi connectivity index (χ0v) is 14.4. The van der Waals surface area contributed by atoms with E-state index in [1.807, 2.05) is 45.4 Å². The van der Waals surface area contributed by atoms with Crippen LogP contribution in [0.1, 0.15) is 22.0 Å². The zero-order valence-electron chi connectivity index (χ0n) is 13.7. The number of anilines is 1. The summed E-state index contributed by atoms with van der Waals surface area (Å²) in [7, 11) is 6.12. The van der Waals surface area contributed by atoms with Gasteiger partial charge in [0.1, 0.15) is 0 Å². The predicted octanol–water partition coefficient (Wildman–Crippen LogP) is 3.18. The van der Waals surface area contributed by atoms with Gasteiger partial charge in [0, 0.05) is 19.3 Å². The molecule has 122 valence electrons. The highest BCUT2D eigenvalue weighted by Gasteiger charge is 2.19. The van der Waals surface area contributed by atoms with Gasteiger partial charge in [-0.15, -0.1) is 0 Å². The second-order valence-corrected chi connectivity index (χ2v) is 6.24. The average molecular weight is 332 g/mol. The minimum absolute atomic E-state index is 0.168. The monoisotopic (exact) mass is 331 g/mol. The van der Waals surface area contributed by atoms with Crippen LogP contribution < -0.4 is 10.6 Å². The lowest BCUT2D eigenvalue weighted by Crippen LogP contribution is -2.33. The summed E-state index contributed by atoms with van der Waals surface area (Å²) < 4.78 is 0. The molecule has 2 aromatic rings. The number of halogens is 1. The fourth-order valence-corrected chi connectivity index (χ4v) is 2.84. The van der Waals surface area contributed by atoms with Crippen molar-refractivity contribution in [3.05, 3.63) is 64.7 Å². The molecule has 1 atom stereocenters. The van der Waals surface area contributed by atoms with Crippen LogP contribution in [-0.2, 0) is 0 Å². The van der Waals surface area contributed by atoms with Crippen LogP contribution in [0.15, 0.2) is 48.5 Å². The molecule has 0 radical (unpaired) electrons. The number of hydrogen-bond acceptors (Lipinski definition) is 3. The number of nitrogens with two attached hydrogens (primary N) is 1. The quantitative estimate of drug-likeness (QED) is 0.884. The molecule has 0 heterocycles. The van der Waals surface area contributed by atoms with Crippen molar-refractivity contribution in [3.8, 4) is 0 Å². The first kappa shape index (κ1) is 17.3. The number of hydrogen-bond donors (Lipinski definition) is 1. The Morgan fingerprint density at radius 2 is 1.78 bits per heavy atom. The van der Waals surface area contributed by atoms with E-state index < -0.39 is 5.91 Å². The Balaban J connectivity index is 2.35. The number of carbonyl (C=O) groups excluding carboxylic acids is 1. The lowest BCUT2D eigenvalue weighted by atomic mass is 10.0. The summed E-state index contributed by atoms with van der Waals surface area (Å²) in [5.74, 6) is -0.517. The number of carbonyl (C=O) groups is 1. The van der Waals surface area contributed by atoms with Crippen LogP contribution in [0.4, 0.5) is 5.69 Å². The SMILES string of the molecule is CN(C)C[C@H](c1ccccc1)N(C)c1ccc(C(N)=O)c(Cl)c1. The van der Waals surface area contributed by atoms with Gasteiger partial charge < -0.3 is 15.5 Å². The Bertz CT molecular complexity index is 673. The second kappa shape index (κ2) is 7.49. The maximum atomic E-state index is 11.3. The molecule has 0 aromatic heterocycles. The number of benzene rings is 2. The van der Waals surface area contributed by atoms with E-state index in [0.29, 0.717) is 10.6 Å². The summed E-state index contributed by atoms with van der Waals surface area (Å²) in [5, 5.41) is 0.374. The Hall–Kier alpha value is -2.04. The Morgan fingerprint density at radius 3 is 2.30 bits per heavy atom. The molecule has 0 spiro atoms. The molecule has 23 heavy (non-hydrogen) atoms. The van der Waals surface area contributed by atoms with Crippen molar-refractivity contribution >= 4 is 23.2 Å². The molecule has 0 aliphatic rings. The third-order valence-electron chi connectivity index (χ3n) is 3.82. The van der Waals surface area contributed by atoms with Crippen molar-refractivity contribution in [2.75, 3.05) is 32.6 Å². The summed E-state index contributed by atoms with van der Waals surface area (Å²) in [6.07, 6.45) is 0. The van der Waals surface area contributed by atoms with Gasteiger partial charge in [0.05, 0.1) is 16.6 Å². The fourth-order valence-electron chi connectivity index (χ4n) is 2.58. The van der Waals surface area contributed by atoms with Crippen LogP contribution in [-0.4, -0.2) is 38.5 Å². The van der Waals surface area contributed by atoms with Gasteiger partial charge in [-0.3, -0.25) is 4.79 Å². The summed E-state index contributed by atoms with van der Waals surface area (Å²) in [6.45, 7) is 0.857. The highest BCUT2D eigenvalue weighted by Crippen LogP contribution is 2.29. The lowest BCUT2D eigenvalue weighted by Gasteiger charge is -2.33. The molecule has 0 saturated carbocycles. The topological polar surface area (TPSA) is 49.6 Å². The van der Waals surface area contributed by atoms with Crippen LogP contribution in [0.2, 0.25) is 5.02 Å². The summed E-state index contributed by atoms with van der Waals surface area (Å²) in [4.78, 5) is 15.6. The van der Waals surface area contributed by atoms with Crippen molar-refractivity contribution in [1.82, 2.24) is 4.90 Å². The molecule has 2 rings (SSSR count). The van der Waals surface area contributed by atoms with Gasteiger partial charge in [0.15, 0.2) is 0 Å². The van der Waals surface area contributed by atoms with Gasteiger partial charge in [-0.2, -0.15) is 0 Å². The summed E-state index contributed by atoms with van der Waals surface area (Å²) in [6, 6.07) is 15.8. The normalized spacial score (nSPS) is 12.2. The van der Waals surface area contributed by atoms with Gasteiger partial charge in [-0.1, -0.05) is 41.9 Å². The van der Waals surface area contributed by atoms with Crippen LogP contribution in [0.3, 0.4) is 0 Å². The molecule has 0 aliphatic heterocycles. The number of rotatable bonds is 6. The van der Waals surface area contributed by atoms with Gasteiger partial charge in [-0.25, -0.2) is 0 Å². The molecule has 5 heteroatoms. The van der Waals surface area contributed by atoms with Crippen molar-refractivity contribution in [3.63, 3.8) is 0 Å². The average Bonchev–Trinajstić information content (AvgIpc) is 2.52. The predicted molar refractivity (Wildman–Crippen MR) is 96.1 cm³/mol. The van der Waals surface area contributed by atoms with Gasteiger partial charge in [0.25, 0.3) is 0 Å². The molecule has 1 amide bonds. The van der Waals surface area contributed by atoms with Crippen molar-refractivity contribution in [1.29, 1.82) is 0 Å². The molecule has 4 nitrogen and oxygen atoms in total. The highest BCUT2D eigenvalue weighted by molar-refractivity contribution is 6.34. The first-order chi connectivity index (χ1) is 10.9. The number of primary amides is 1. The van der Waals surface area contributed by atoms with Crippen LogP contribution in [0, 0.1) is 0 Å². The first-order valence-corrected chi connectivity index (χ1v) is 7.80. The zero-order chi connectivity index (χ0) is 17.0. The van der Waals surface area contributed by atoms with Crippen molar-refractivity contribution < 1.29 is 4.79 Å². The molecule has 0 bridgehead atoms. The smallest absolute Gasteiger partial charge is 0.250 e. The third kappa shape index (κ3) is 4.24. The van der Waals surface area contributed by atoms with Crippen LogP contribution in [0.5, 0.6) is 0 Å². The minimum atomic E-state index is -0.517. The standard InChI is InChI=1S/C18H22ClN3O/c1-21(2)12-17(13-7-5-4-6-8-13)22(3)14-9-10-15(18(20)23)16(19)11-14/h4-11,17H,12H2,1-3H3,(H2,20,23)/t17-/m1/s1.